The summed E-state index contributed by atoms with van der Waals surface area (Å²) in [7, 11) is 0. The smallest absolute Gasteiger partial charge is 0.410 e. The van der Waals surface area contributed by atoms with E-state index in [1.165, 1.54) is 9.80 Å². The van der Waals surface area contributed by atoms with Gasteiger partial charge in [0, 0.05) is 39.3 Å². The van der Waals surface area contributed by atoms with Crippen LogP contribution >= 0.6 is 0 Å². The second kappa shape index (κ2) is 24.8. The molecule has 4 aromatic rings. The van der Waals surface area contributed by atoms with Crippen molar-refractivity contribution < 1.29 is 38.2 Å². The molecule has 0 radical (unpaired) electrons. The second-order valence-electron chi connectivity index (χ2n) is 20.4. The normalized spacial score (nSPS) is 11.6. The van der Waals surface area contributed by atoms with Crippen LogP contribution in [0.4, 0.5) is 51.5 Å². The lowest BCUT2D eigenvalue weighted by atomic mass is 9.74. The highest BCUT2D eigenvalue weighted by molar-refractivity contribution is 6.07. The highest BCUT2D eigenvalue weighted by Gasteiger charge is 2.36. The van der Waals surface area contributed by atoms with Gasteiger partial charge in [0.2, 0.25) is 0 Å². The molecule has 4 rings (SSSR count). The maximum absolute atomic E-state index is 13.7. The molecule has 10 amide bonds. The average Bonchev–Trinajstić information content (AvgIpc) is 3.25. The number of para-hydroxylation sites is 4. The van der Waals surface area contributed by atoms with E-state index >= 15 is 0 Å². The molecular weight excluding hydrogens is 877 g/mol. The van der Waals surface area contributed by atoms with Crippen molar-refractivity contribution in [2.45, 2.75) is 99.7 Å². The van der Waals surface area contributed by atoms with Crippen molar-refractivity contribution in [1.29, 1.82) is 0 Å². The number of imide groups is 2. The van der Waals surface area contributed by atoms with E-state index in [4.69, 9.17) is 9.47 Å². The van der Waals surface area contributed by atoms with Crippen molar-refractivity contribution >= 4 is 59.1 Å². The molecule has 16 nitrogen and oxygen atoms in total. The Morgan fingerprint density at radius 3 is 0.971 bits per heavy atom. The minimum atomic E-state index is -0.760. The zero-order chi connectivity index (χ0) is 50.8. The first-order chi connectivity index (χ1) is 32.4. The van der Waals surface area contributed by atoms with Crippen LogP contribution < -0.4 is 31.1 Å². The summed E-state index contributed by atoms with van der Waals surface area (Å²) >= 11 is 0. The standard InChI is InChI=1S/C53H72N8O8/c1-50(2,3)68-48(66)58(35-23-33-54-44(62)56-46(64)60(40-25-15-11-16-26-40)41-27-17-12-18-28-41)38-52(7,8)37-53(9,10)39-59(49(67)69-51(4,5)6)36-24-34-55-45(63)57-47(65)61(42-29-19-13-20-30-42)43-31-21-14-22-32-43/h11-22,25-32H,23-24,33-39H2,1-10H3,(H2,54,56,62,64)(H2,55,57,63,65). The van der Waals surface area contributed by atoms with Crippen molar-refractivity contribution in [2.75, 3.05) is 49.1 Å². The van der Waals surface area contributed by atoms with Crippen LogP contribution in [0, 0.1) is 10.8 Å². The quantitative estimate of drug-likeness (QED) is 0.0711. The van der Waals surface area contributed by atoms with Gasteiger partial charge in [-0.1, -0.05) is 100 Å². The first kappa shape index (κ1) is 54.5. The molecule has 0 saturated carbocycles. The number of benzene rings is 4. The fourth-order valence-corrected chi connectivity index (χ4v) is 7.98. The van der Waals surface area contributed by atoms with E-state index in [1.54, 1.807) is 99.9 Å². The van der Waals surface area contributed by atoms with Gasteiger partial charge in [-0.3, -0.25) is 20.4 Å². The largest absolute Gasteiger partial charge is 0.444 e. The zero-order valence-electron chi connectivity index (χ0n) is 42.0. The average molecular weight is 949 g/mol. The van der Waals surface area contributed by atoms with E-state index in [0.29, 0.717) is 55.1 Å². The third kappa shape index (κ3) is 19.2. The third-order valence-electron chi connectivity index (χ3n) is 10.2. The number of anilines is 4. The Kier molecular flexibility index (Phi) is 19.6. The number of nitrogens with one attached hydrogen (secondary N) is 4. The molecular formula is C53H72N8O8. The van der Waals surface area contributed by atoms with Crippen LogP contribution in [-0.2, 0) is 9.47 Å². The maximum atomic E-state index is 13.7. The first-order valence-corrected chi connectivity index (χ1v) is 23.4. The lowest BCUT2D eigenvalue weighted by Crippen LogP contribution is -2.48. The number of carbonyl (C=O) groups is 6. The van der Waals surface area contributed by atoms with Gasteiger partial charge in [0.15, 0.2) is 0 Å². The molecule has 0 aliphatic rings. The van der Waals surface area contributed by atoms with Gasteiger partial charge >= 0.3 is 36.3 Å². The number of carbonyl (C=O) groups excluding carboxylic acids is 6. The van der Waals surface area contributed by atoms with E-state index < -0.39 is 58.3 Å². The molecule has 0 aliphatic carbocycles. The fourth-order valence-electron chi connectivity index (χ4n) is 7.98. The summed E-state index contributed by atoms with van der Waals surface area (Å²) < 4.78 is 11.6. The van der Waals surface area contributed by atoms with Gasteiger partial charge in [-0.05, 0) is 120 Å². The third-order valence-corrected chi connectivity index (χ3v) is 10.2. The van der Waals surface area contributed by atoms with Gasteiger partial charge in [0.05, 0.1) is 22.7 Å². The fraction of sp³-hybridized carbons (Fsp3) is 0.434. The van der Waals surface area contributed by atoms with Crippen LogP contribution in [0.15, 0.2) is 121 Å². The van der Waals surface area contributed by atoms with Gasteiger partial charge < -0.3 is 29.9 Å². The van der Waals surface area contributed by atoms with Gasteiger partial charge in [-0.2, -0.15) is 0 Å². The first-order valence-electron chi connectivity index (χ1n) is 23.4. The number of hydrogen-bond donors (Lipinski definition) is 4. The molecule has 0 bridgehead atoms. The van der Waals surface area contributed by atoms with Gasteiger partial charge in [0.25, 0.3) is 0 Å². The SMILES string of the molecule is CC(C)(CN(CCCNC(=O)NC(=O)N(c1ccccc1)c1ccccc1)C(=O)OC(C)(C)C)CC(C)(C)CN(CCCNC(=O)NC(=O)N(c1ccccc1)c1ccccc1)C(=O)OC(C)(C)C. The molecule has 4 N–H and O–H groups in total. The number of amides is 10. The Balaban J connectivity index is 1.35. The molecule has 372 valence electrons. The molecule has 0 fully saturated rings. The van der Waals surface area contributed by atoms with Gasteiger partial charge in [-0.25, -0.2) is 28.8 Å². The highest BCUT2D eigenvalue weighted by Crippen LogP contribution is 2.36. The van der Waals surface area contributed by atoms with E-state index in [1.807, 2.05) is 100 Å². The summed E-state index contributed by atoms with van der Waals surface area (Å²) in [5.41, 5.74) is -0.147. The number of ether oxygens (including phenoxy) is 2. The van der Waals surface area contributed by atoms with E-state index in [2.05, 4.69) is 21.3 Å². The summed E-state index contributed by atoms with van der Waals surface area (Å²) in [5, 5.41) is 10.3. The van der Waals surface area contributed by atoms with Gasteiger partial charge in [-0.15, -0.1) is 0 Å². The lowest BCUT2D eigenvalue weighted by Gasteiger charge is -2.41. The molecule has 0 unspecified atom stereocenters. The van der Waals surface area contributed by atoms with E-state index in [9.17, 15) is 28.8 Å². The second-order valence-corrected chi connectivity index (χ2v) is 20.4. The zero-order valence-corrected chi connectivity index (χ0v) is 42.0. The summed E-state index contributed by atoms with van der Waals surface area (Å²) in [6.07, 6.45) is 0.299. The minimum Gasteiger partial charge on any atom is -0.444 e. The van der Waals surface area contributed by atoms with E-state index in [-0.39, 0.29) is 26.2 Å². The summed E-state index contributed by atoms with van der Waals surface area (Å²) in [6.45, 7) is 20.4. The molecule has 0 heterocycles. The molecule has 0 saturated heterocycles. The Bertz CT molecular complexity index is 2040. The highest BCUT2D eigenvalue weighted by atomic mass is 16.6. The predicted octanol–water partition coefficient (Wildman–Crippen LogP) is 11.2. The molecule has 0 spiro atoms. The van der Waals surface area contributed by atoms with Crippen molar-refractivity contribution in [3.05, 3.63) is 121 Å². The van der Waals surface area contributed by atoms with Crippen LogP contribution in [0.2, 0.25) is 0 Å². The van der Waals surface area contributed by atoms with Crippen molar-refractivity contribution in [3.63, 3.8) is 0 Å². The van der Waals surface area contributed by atoms with Crippen molar-refractivity contribution in [2.24, 2.45) is 10.8 Å². The molecule has 0 aromatic heterocycles. The van der Waals surface area contributed by atoms with Crippen LogP contribution in [-0.4, -0.2) is 96.6 Å². The monoisotopic (exact) mass is 949 g/mol. The van der Waals surface area contributed by atoms with Crippen LogP contribution in [0.25, 0.3) is 0 Å². The molecule has 16 heteroatoms. The number of urea groups is 4. The number of hydrogen-bond acceptors (Lipinski definition) is 8. The lowest BCUT2D eigenvalue weighted by molar-refractivity contribution is 0.00677. The molecule has 4 aromatic carbocycles. The summed E-state index contributed by atoms with van der Waals surface area (Å²) in [5.74, 6) is 0. The Labute approximate surface area is 408 Å². The Morgan fingerprint density at radius 2 is 0.710 bits per heavy atom. The predicted molar refractivity (Wildman–Crippen MR) is 271 cm³/mol. The number of nitrogens with zero attached hydrogens (tertiary/aromatic N) is 4. The van der Waals surface area contributed by atoms with Crippen molar-refractivity contribution in [1.82, 2.24) is 31.1 Å². The Hall–Kier alpha value is -7.10. The van der Waals surface area contributed by atoms with Crippen LogP contribution in [0.1, 0.15) is 88.5 Å². The molecule has 69 heavy (non-hydrogen) atoms. The topological polar surface area (TPSA) is 182 Å². The summed E-state index contributed by atoms with van der Waals surface area (Å²) in [6, 6.07) is 33.4. The summed E-state index contributed by atoms with van der Waals surface area (Å²) in [4.78, 5) is 86.2. The van der Waals surface area contributed by atoms with Crippen LogP contribution in [0.5, 0.6) is 0 Å². The van der Waals surface area contributed by atoms with Crippen LogP contribution in [0.3, 0.4) is 0 Å². The van der Waals surface area contributed by atoms with Gasteiger partial charge in [0.1, 0.15) is 11.2 Å². The molecule has 0 atom stereocenters. The molecule has 0 aliphatic heterocycles. The minimum absolute atomic E-state index is 0.165. The number of rotatable bonds is 18. The van der Waals surface area contributed by atoms with E-state index in [0.717, 1.165) is 0 Å². The maximum Gasteiger partial charge on any atom is 0.410 e. The Morgan fingerprint density at radius 1 is 0.435 bits per heavy atom. The van der Waals surface area contributed by atoms with Crippen molar-refractivity contribution in [3.8, 4) is 0 Å².